The van der Waals surface area contributed by atoms with E-state index in [1.807, 2.05) is 0 Å². The van der Waals surface area contributed by atoms with Gasteiger partial charge >= 0.3 is 0 Å². The summed E-state index contributed by atoms with van der Waals surface area (Å²) in [5.74, 6) is 0. The quantitative estimate of drug-likeness (QED) is 0.221. The molecule has 1 heteroatoms. The van der Waals surface area contributed by atoms with Crippen LogP contribution in [0.15, 0.2) is 103 Å². The monoisotopic (exact) mass is 447 g/mol. The summed E-state index contributed by atoms with van der Waals surface area (Å²) < 4.78 is 0. The standard InChI is InChI=1S/C33H37N/c1-3-5-11-27-17-21-31(22-18-27)34(32-23-19-28(20-24-32)12-6-4-2)33-16-10-15-30(26-33)25-29-13-8-7-9-14-29/h7-10,13-24,26H,3-6,11-12,25H2,1-2H3. The zero-order valence-corrected chi connectivity index (χ0v) is 20.7. The maximum Gasteiger partial charge on any atom is 0.0464 e. The van der Waals surface area contributed by atoms with Crippen molar-refractivity contribution >= 4 is 17.1 Å². The van der Waals surface area contributed by atoms with Gasteiger partial charge in [0.15, 0.2) is 0 Å². The van der Waals surface area contributed by atoms with E-state index in [-0.39, 0.29) is 0 Å². The highest BCUT2D eigenvalue weighted by molar-refractivity contribution is 5.77. The fourth-order valence-electron chi connectivity index (χ4n) is 4.47. The van der Waals surface area contributed by atoms with Gasteiger partial charge in [0, 0.05) is 17.1 Å². The smallest absolute Gasteiger partial charge is 0.0464 e. The Bertz CT molecular complexity index is 1080. The number of hydrogen-bond donors (Lipinski definition) is 0. The minimum Gasteiger partial charge on any atom is -0.310 e. The zero-order chi connectivity index (χ0) is 23.6. The van der Waals surface area contributed by atoms with Crippen molar-refractivity contribution in [2.45, 2.75) is 58.8 Å². The van der Waals surface area contributed by atoms with E-state index in [1.165, 1.54) is 65.0 Å². The number of hydrogen-bond acceptors (Lipinski definition) is 1. The second kappa shape index (κ2) is 12.2. The lowest BCUT2D eigenvalue weighted by atomic mass is 10.0. The van der Waals surface area contributed by atoms with E-state index >= 15 is 0 Å². The number of anilines is 3. The van der Waals surface area contributed by atoms with Crippen LogP contribution in [0.4, 0.5) is 17.1 Å². The number of nitrogens with zero attached hydrogens (tertiary/aromatic N) is 1. The Labute approximate surface area is 206 Å². The van der Waals surface area contributed by atoms with Crippen LogP contribution in [0.1, 0.15) is 61.8 Å². The Morgan fingerprint density at radius 2 is 1.00 bits per heavy atom. The lowest BCUT2D eigenvalue weighted by Crippen LogP contribution is -2.10. The first-order chi connectivity index (χ1) is 16.8. The first kappa shape index (κ1) is 23.8. The summed E-state index contributed by atoms with van der Waals surface area (Å²) in [4.78, 5) is 2.39. The molecule has 0 aliphatic heterocycles. The molecule has 0 N–H and O–H groups in total. The summed E-state index contributed by atoms with van der Waals surface area (Å²) in [7, 11) is 0. The highest BCUT2D eigenvalue weighted by Crippen LogP contribution is 2.35. The van der Waals surface area contributed by atoms with Crippen LogP contribution in [0.5, 0.6) is 0 Å². The van der Waals surface area contributed by atoms with E-state index in [0.29, 0.717) is 0 Å². The van der Waals surface area contributed by atoms with Crippen LogP contribution in [-0.2, 0) is 19.3 Å². The summed E-state index contributed by atoms with van der Waals surface area (Å²) in [5.41, 5.74) is 9.11. The van der Waals surface area contributed by atoms with E-state index in [4.69, 9.17) is 0 Å². The normalized spacial score (nSPS) is 10.9. The second-order valence-corrected chi connectivity index (χ2v) is 9.21. The summed E-state index contributed by atoms with van der Waals surface area (Å²) in [6, 6.07) is 38.0. The van der Waals surface area contributed by atoms with Crippen molar-refractivity contribution in [2.24, 2.45) is 0 Å². The molecule has 1 nitrogen and oxygen atoms in total. The van der Waals surface area contributed by atoms with Gasteiger partial charge in [-0.05, 0) is 90.8 Å². The van der Waals surface area contributed by atoms with Crippen molar-refractivity contribution in [1.29, 1.82) is 0 Å². The average Bonchev–Trinajstić information content (AvgIpc) is 2.89. The van der Waals surface area contributed by atoms with Crippen molar-refractivity contribution in [2.75, 3.05) is 4.90 Å². The van der Waals surface area contributed by atoms with E-state index in [0.717, 1.165) is 19.3 Å². The summed E-state index contributed by atoms with van der Waals surface area (Å²) >= 11 is 0. The predicted molar refractivity (Wildman–Crippen MR) is 148 cm³/mol. The molecule has 34 heavy (non-hydrogen) atoms. The molecule has 0 fully saturated rings. The number of unbranched alkanes of at least 4 members (excludes halogenated alkanes) is 2. The summed E-state index contributed by atoms with van der Waals surface area (Å²) in [6.45, 7) is 4.51. The Hall–Kier alpha value is -3.32. The average molecular weight is 448 g/mol. The summed E-state index contributed by atoms with van der Waals surface area (Å²) in [6.07, 6.45) is 8.17. The van der Waals surface area contributed by atoms with Crippen molar-refractivity contribution in [3.05, 3.63) is 125 Å². The summed E-state index contributed by atoms with van der Waals surface area (Å²) in [5, 5.41) is 0. The first-order valence-electron chi connectivity index (χ1n) is 12.9. The minimum absolute atomic E-state index is 0.939. The Kier molecular flexibility index (Phi) is 8.57. The van der Waals surface area contributed by atoms with Gasteiger partial charge in [0.05, 0.1) is 0 Å². The topological polar surface area (TPSA) is 3.24 Å². The van der Waals surface area contributed by atoms with Gasteiger partial charge < -0.3 is 4.90 Å². The Morgan fingerprint density at radius 3 is 1.53 bits per heavy atom. The van der Waals surface area contributed by atoms with E-state index < -0.39 is 0 Å². The maximum absolute atomic E-state index is 2.39. The molecule has 0 saturated carbocycles. The van der Waals surface area contributed by atoms with Gasteiger partial charge in [-0.1, -0.05) is 93.4 Å². The van der Waals surface area contributed by atoms with Gasteiger partial charge in [-0.2, -0.15) is 0 Å². The molecule has 4 aromatic carbocycles. The van der Waals surface area contributed by atoms with Gasteiger partial charge in [-0.15, -0.1) is 0 Å². The molecule has 0 radical (unpaired) electrons. The van der Waals surface area contributed by atoms with Gasteiger partial charge in [-0.3, -0.25) is 0 Å². The maximum atomic E-state index is 2.39. The van der Waals surface area contributed by atoms with Gasteiger partial charge in [0.25, 0.3) is 0 Å². The van der Waals surface area contributed by atoms with Crippen molar-refractivity contribution in [3.63, 3.8) is 0 Å². The lowest BCUT2D eigenvalue weighted by Gasteiger charge is -2.26. The van der Waals surface area contributed by atoms with E-state index in [2.05, 4.69) is 122 Å². The Morgan fingerprint density at radius 1 is 0.471 bits per heavy atom. The van der Waals surface area contributed by atoms with E-state index in [1.54, 1.807) is 0 Å². The van der Waals surface area contributed by atoms with Crippen LogP contribution in [0.3, 0.4) is 0 Å². The highest BCUT2D eigenvalue weighted by Gasteiger charge is 2.13. The highest BCUT2D eigenvalue weighted by atomic mass is 15.1. The minimum atomic E-state index is 0.939. The molecule has 0 heterocycles. The molecule has 174 valence electrons. The van der Waals surface area contributed by atoms with Crippen molar-refractivity contribution in [1.82, 2.24) is 0 Å². The van der Waals surface area contributed by atoms with Crippen LogP contribution >= 0.6 is 0 Å². The van der Waals surface area contributed by atoms with Crippen LogP contribution < -0.4 is 4.90 Å². The number of benzene rings is 4. The Balaban J connectivity index is 1.67. The molecule has 0 bridgehead atoms. The molecule has 0 aliphatic carbocycles. The molecule has 0 aromatic heterocycles. The van der Waals surface area contributed by atoms with Gasteiger partial charge in [0.1, 0.15) is 0 Å². The second-order valence-electron chi connectivity index (χ2n) is 9.21. The SMILES string of the molecule is CCCCc1ccc(N(c2ccc(CCCC)cc2)c2cccc(Cc3ccccc3)c2)cc1. The molecule has 4 aromatic rings. The molecule has 0 amide bonds. The molecular formula is C33H37N. The molecule has 0 spiro atoms. The third-order valence-corrected chi connectivity index (χ3v) is 6.45. The molecule has 0 atom stereocenters. The van der Waals surface area contributed by atoms with Gasteiger partial charge in [0.2, 0.25) is 0 Å². The fourth-order valence-corrected chi connectivity index (χ4v) is 4.47. The van der Waals surface area contributed by atoms with Crippen molar-refractivity contribution in [3.8, 4) is 0 Å². The van der Waals surface area contributed by atoms with Crippen LogP contribution in [0.25, 0.3) is 0 Å². The third-order valence-electron chi connectivity index (χ3n) is 6.45. The number of rotatable bonds is 11. The largest absolute Gasteiger partial charge is 0.310 e. The first-order valence-corrected chi connectivity index (χ1v) is 12.9. The lowest BCUT2D eigenvalue weighted by molar-refractivity contribution is 0.795. The van der Waals surface area contributed by atoms with Crippen molar-refractivity contribution < 1.29 is 0 Å². The predicted octanol–water partition coefficient (Wildman–Crippen LogP) is 9.43. The molecule has 4 rings (SSSR count). The number of aryl methyl sites for hydroxylation is 2. The van der Waals surface area contributed by atoms with E-state index in [9.17, 15) is 0 Å². The molecule has 0 unspecified atom stereocenters. The van der Waals surface area contributed by atoms with Gasteiger partial charge in [-0.25, -0.2) is 0 Å². The van der Waals surface area contributed by atoms with Crippen LogP contribution in [0, 0.1) is 0 Å². The molecule has 0 saturated heterocycles. The zero-order valence-electron chi connectivity index (χ0n) is 20.7. The molecular weight excluding hydrogens is 410 g/mol. The fraction of sp³-hybridized carbons (Fsp3) is 0.273. The molecule has 0 aliphatic rings. The van der Waals surface area contributed by atoms with Crippen LogP contribution in [-0.4, -0.2) is 0 Å². The van der Waals surface area contributed by atoms with Crippen LogP contribution in [0.2, 0.25) is 0 Å². The third kappa shape index (κ3) is 6.38.